The average Bonchev–Trinajstić information content (AvgIpc) is 2.23. The summed E-state index contributed by atoms with van der Waals surface area (Å²) in [5.41, 5.74) is 3.34. The van der Waals surface area contributed by atoms with Crippen LogP contribution in [-0.2, 0) is 0 Å². The molecule has 98 valence electrons. The molecule has 0 spiro atoms. The van der Waals surface area contributed by atoms with Gasteiger partial charge in [-0.25, -0.2) is 0 Å². The molecule has 1 amide bonds. The maximum atomic E-state index is 12.4. The summed E-state index contributed by atoms with van der Waals surface area (Å²) in [7, 11) is 0. The molecule has 1 aliphatic rings. The number of hydrogen-bond donors (Lipinski definition) is 1. The Bertz CT molecular complexity index is 464. The highest BCUT2D eigenvalue weighted by atomic mass is 16.3. The molecule has 0 bridgehead atoms. The highest BCUT2D eigenvalue weighted by molar-refractivity contribution is 5.97. The number of β-amino-alcohol motifs (C(OH)–C–C–N with tert-alkyl or cyclic N) is 1. The first-order valence-corrected chi connectivity index (χ1v) is 6.46. The van der Waals surface area contributed by atoms with Crippen LogP contribution in [0.1, 0.15) is 40.4 Å². The normalized spacial score (nSPS) is 17.5. The van der Waals surface area contributed by atoms with Gasteiger partial charge >= 0.3 is 0 Å². The zero-order chi connectivity index (χ0) is 13.5. The molecule has 1 N–H and O–H groups in total. The Balaban J connectivity index is 2.21. The summed E-state index contributed by atoms with van der Waals surface area (Å²) in [4.78, 5) is 14.1. The van der Waals surface area contributed by atoms with Gasteiger partial charge in [0.1, 0.15) is 0 Å². The van der Waals surface area contributed by atoms with E-state index in [1.54, 1.807) is 4.90 Å². The first-order valence-electron chi connectivity index (χ1n) is 6.46. The average molecular weight is 247 g/mol. The molecule has 0 unspecified atom stereocenters. The van der Waals surface area contributed by atoms with E-state index in [2.05, 4.69) is 0 Å². The lowest BCUT2D eigenvalue weighted by Crippen LogP contribution is -2.63. The number of amides is 1. The van der Waals surface area contributed by atoms with E-state index in [-0.39, 0.29) is 5.91 Å². The molecule has 1 heterocycles. The summed E-state index contributed by atoms with van der Waals surface area (Å²) in [6.45, 7) is 8.83. The van der Waals surface area contributed by atoms with Crippen molar-refractivity contribution >= 4 is 5.91 Å². The van der Waals surface area contributed by atoms with E-state index in [1.165, 1.54) is 5.56 Å². The lowest BCUT2D eigenvalue weighted by Gasteiger charge is -2.46. The molecule has 0 radical (unpaired) electrons. The van der Waals surface area contributed by atoms with Crippen LogP contribution in [0.2, 0.25) is 0 Å². The molecule has 0 saturated carbocycles. The highest BCUT2D eigenvalue weighted by Crippen LogP contribution is 2.27. The van der Waals surface area contributed by atoms with E-state index in [0.29, 0.717) is 19.5 Å². The van der Waals surface area contributed by atoms with Crippen LogP contribution in [0.25, 0.3) is 0 Å². The van der Waals surface area contributed by atoms with Crippen LogP contribution in [0, 0.1) is 20.8 Å². The van der Waals surface area contributed by atoms with Gasteiger partial charge in [-0.05, 0) is 38.3 Å². The second-order valence-corrected chi connectivity index (χ2v) is 5.51. The van der Waals surface area contributed by atoms with Crippen molar-refractivity contribution in [1.29, 1.82) is 0 Å². The summed E-state index contributed by atoms with van der Waals surface area (Å²) >= 11 is 0. The molecule has 0 aliphatic carbocycles. The van der Waals surface area contributed by atoms with Crippen LogP contribution in [-0.4, -0.2) is 34.6 Å². The molecule has 0 atom stereocenters. The molecular weight excluding hydrogens is 226 g/mol. The molecule has 18 heavy (non-hydrogen) atoms. The maximum Gasteiger partial charge on any atom is 0.254 e. The topological polar surface area (TPSA) is 40.5 Å². The quantitative estimate of drug-likeness (QED) is 0.870. The molecule has 1 aliphatic heterocycles. The Hall–Kier alpha value is -1.35. The number of rotatable bonds is 2. The lowest BCUT2D eigenvalue weighted by molar-refractivity contribution is -0.0827. The second-order valence-electron chi connectivity index (χ2n) is 5.51. The standard InChI is InChI=1S/C15H21NO2/c1-5-15(18)8-16(9-15)14(17)13-11(3)6-10(2)7-12(13)4/h6-7,18H,5,8-9H2,1-4H3. The van der Waals surface area contributed by atoms with Crippen molar-refractivity contribution < 1.29 is 9.90 Å². The molecule has 1 aromatic carbocycles. The van der Waals surface area contributed by atoms with Gasteiger partial charge in [0.25, 0.3) is 5.91 Å². The number of aliphatic hydroxyl groups is 1. The van der Waals surface area contributed by atoms with E-state index in [0.717, 1.165) is 16.7 Å². The van der Waals surface area contributed by atoms with Gasteiger partial charge in [0.15, 0.2) is 0 Å². The summed E-state index contributed by atoms with van der Waals surface area (Å²) in [6.07, 6.45) is 0.697. The third kappa shape index (κ3) is 2.15. The fourth-order valence-electron chi connectivity index (χ4n) is 2.71. The van der Waals surface area contributed by atoms with Gasteiger partial charge in [-0.1, -0.05) is 24.6 Å². The van der Waals surface area contributed by atoms with Crippen LogP contribution in [0.5, 0.6) is 0 Å². The fourth-order valence-corrected chi connectivity index (χ4v) is 2.71. The van der Waals surface area contributed by atoms with Crippen molar-refractivity contribution in [2.24, 2.45) is 0 Å². The maximum absolute atomic E-state index is 12.4. The van der Waals surface area contributed by atoms with Crippen LogP contribution < -0.4 is 0 Å². The van der Waals surface area contributed by atoms with E-state index in [4.69, 9.17) is 0 Å². The first kappa shape index (κ1) is 13.1. The van der Waals surface area contributed by atoms with Gasteiger partial charge in [-0.2, -0.15) is 0 Å². The Morgan fingerprint density at radius 3 is 2.22 bits per heavy atom. The van der Waals surface area contributed by atoms with Crippen molar-refractivity contribution in [2.75, 3.05) is 13.1 Å². The minimum Gasteiger partial charge on any atom is -0.386 e. The van der Waals surface area contributed by atoms with Gasteiger partial charge in [0, 0.05) is 5.56 Å². The van der Waals surface area contributed by atoms with Gasteiger partial charge in [0.2, 0.25) is 0 Å². The largest absolute Gasteiger partial charge is 0.386 e. The van der Waals surface area contributed by atoms with Gasteiger partial charge in [-0.3, -0.25) is 4.79 Å². The summed E-state index contributed by atoms with van der Waals surface area (Å²) in [5, 5.41) is 9.97. The highest BCUT2D eigenvalue weighted by Gasteiger charge is 2.42. The van der Waals surface area contributed by atoms with Crippen LogP contribution in [0.3, 0.4) is 0 Å². The Morgan fingerprint density at radius 2 is 1.78 bits per heavy atom. The van der Waals surface area contributed by atoms with Crippen molar-refractivity contribution in [2.45, 2.75) is 39.7 Å². The van der Waals surface area contributed by atoms with Gasteiger partial charge in [-0.15, -0.1) is 0 Å². The van der Waals surface area contributed by atoms with Crippen molar-refractivity contribution in [1.82, 2.24) is 4.90 Å². The SMILES string of the molecule is CCC1(O)CN(C(=O)c2c(C)cc(C)cc2C)C1. The van der Waals surface area contributed by atoms with Crippen LogP contribution in [0.15, 0.2) is 12.1 Å². The van der Waals surface area contributed by atoms with E-state index in [1.807, 2.05) is 39.8 Å². The van der Waals surface area contributed by atoms with Crippen molar-refractivity contribution in [3.63, 3.8) is 0 Å². The zero-order valence-electron chi connectivity index (χ0n) is 11.6. The number of carbonyl (C=O) groups excluding carboxylic acids is 1. The summed E-state index contributed by atoms with van der Waals surface area (Å²) < 4.78 is 0. The molecule has 1 saturated heterocycles. The number of benzene rings is 1. The second kappa shape index (κ2) is 4.39. The van der Waals surface area contributed by atoms with Crippen LogP contribution >= 0.6 is 0 Å². The molecular formula is C15H21NO2. The molecule has 1 aromatic rings. The van der Waals surface area contributed by atoms with Crippen molar-refractivity contribution in [3.05, 3.63) is 34.4 Å². The number of nitrogens with zero attached hydrogens (tertiary/aromatic N) is 1. The van der Waals surface area contributed by atoms with E-state index in [9.17, 15) is 9.90 Å². The third-order valence-corrected chi connectivity index (χ3v) is 3.81. The van der Waals surface area contributed by atoms with Crippen molar-refractivity contribution in [3.8, 4) is 0 Å². The molecule has 2 rings (SSSR count). The lowest BCUT2D eigenvalue weighted by atomic mass is 9.89. The molecule has 1 fully saturated rings. The monoisotopic (exact) mass is 247 g/mol. The fraction of sp³-hybridized carbons (Fsp3) is 0.533. The minimum absolute atomic E-state index is 0.0446. The Labute approximate surface area is 108 Å². The number of carbonyl (C=O) groups is 1. The minimum atomic E-state index is -0.665. The molecule has 0 aromatic heterocycles. The van der Waals surface area contributed by atoms with Crippen LogP contribution in [0.4, 0.5) is 0 Å². The zero-order valence-corrected chi connectivity index (χ0v) is 11.6. The van der Waals surface area contributed by atoms with E-state index < -0.39 is 5.60 Å². The number of likely N-dealkylation sites (tertiary alicyclic amines) is 1. The predicted octanol–water partition coefficient (Wildman–Crippen LogP) is 2.21. The number of hydrogen-bond acceptors (Lipinski definition) is 2. The summed E-state index contributed by atoms with van der Waals surface area (Å²) in [6, 6.07) is 4.07. The smallest absolute Gasteiger partial charge is 0.254 e. The molecule has 3 heteroatoms. The summed E-state index contributed by atoms with van der Waals surface area (Å²) in [5.74, 6) is 0.0446. The predicted molar refractivity (Wildman–Crippen MR) is 71.8 cm³/mol. The Morgan fingerprint density at radius 1 is 1.28 bits per heavy atom. The van der Waals surface area contributed by atoms with E-state index >= 15 is 0 Å². The van der Waals surface area contributed by atoms with Gasteiger partial charge in [0.05, 0.1) is 18.7 Å². The Kier molecular flexibility index (Phi) is 3.20. The third-order valence-electron chi connectivity index (χ3n) is 3.81. The number of aryl methyl sites for hydroxylation is 3. The van der Waals surface area contributed by atoms with Gasteiger partial charge < -0.3 is 10.0 Å². The first-order chi connectivity index (χ1) is 8.36. The molecule has 3 nitrogen and oxygen atoms in total.